The van der Waals surface area contributed by atoms with Crippen LogP contribution in [0, 0.1) is 23.5 Å². The van der Waals surface area contributed by atoms with E-state index in [1.54, 1.807) is 18.3 Å². The molecule has 8 nitrogen and oxygen atoms in total. The van der Waals surface area contributed by atoms with Gasteiger partial charge in [-0.2, -0.15) is 13.8 Å². The number of hydrogen-bond donors (Lipinski definition) is 3. The minimum absolute atomic E-state index is 0.144. The third-order valence-corrected chi connectivity index (χ3v) is 7.44. The van der Waals surface area contributed by atoms with E-state index in [2.05, 4.69) is 37.8 Å². The summed E-state index contributed by atoms with van der Waals surface area (Å²) in [5.41, 5.74) is 2.49. The second-order valence-corrected chi connectivity index (χ2v) is 10.0. The number of nitrogens with zero attached hydrogens (tertiary/aromatic N) is 5. The normalized spacial score (nSPS) is 19.8. The van der Waals surface area contributed by atoms with Crippen LogP contribution in [0.4, 0.5) is 30.6 Å². The van der Waals surface area contributed by atoms with Gasteiger partial charge in [0.15, 0.2) is 17.5 Å². The zero-order chi connectivity index (χ0) is 26.2. The van der Waals surface area contributed by atoms with Crippen LogP contribution < -0.4 is 16.0 Å². The van der Waals surface area contributed by atoms with E-state index in [-0.39, 0.29) is 11.9 Å². The number of hydrogen-bond acceptors (Lipinski definition) is 8. The highest BCUT2D eigenvalue weighted by molar-refractivity contribution is 5.93. The maximum absolute atomic E-state index is 14.2. The Balaban J connectivity index is 1.41. The Labute approximate surface area is 217 Å². The average Bonchev–Trinajstić information content (AvgIpc) is 2.87. The van der Waals surface area contributed by atoms with E-state index in [9.17, 15) is 13.2 Å². The lowest BCUT2D eigenvalue weighted by Crippen LogP contribution is -2.42. The lowest BCUT2D eigenvalue weighted by atomic mass is 9.79. The summed E-state index contributed by atoms with van der Waals surface area (Å²) < 4.78 is 41.4. The van der Waals surface area contributed by atoms with Crippen molar-refractivity contribution >= 4 is 28.4 Å². The van der Waals surface area contributed by atoms with Gasteiger partial charge in [-0.1, -0.05) is 13.3 Å². The molecule has 3 N–H and O–H groups in total. The topological polar surface area (TPSA) is 101 Å². The van der Waals surface area contributed by atoms with E-state index < -0.39 is 23.4 Å². The number of fused-ring (bicyclic) bond motifs is 1. The maximum Gasteiger partial charge on any atom is 0.217 e. The second-order valence-electron chi connectivity index (χ2n) is 10.0. The Bertz CT molecular complexity index is 1490. The van der Waals surface area contributed by atoms with E-state index in [0.717, 1.165) is 54.6 Å². The van der Waals surface area contributed by atoms with Crippen LogP contribution in [0.2, 0.25) is 0 Å². The summed E-state index contributed by atoms with van der Waals surface area (Å²) >= 11 is 0. The molecule has 4 aromatic rings. The molecular formula is C27H27F3N8. The second kappa shape index (κ2) is 10.1. The first-order valence-corrected chi connectivity index (χ1v) is 12.8. The summed E-state index contributed by atoms with van der Waals surface area (Å²) in [6, 6.07) is 3.95. The zero-order valence-electron chi connectivity index (χ0n) is 20.8. The van der Waals surface area contributed by atoms with Crippen LogP contribution >= 0.6 is 0 Å². The van der Waals surface area contributed by atoms with Gasteiger partial charge in [0.25, 0.3) is 0 Å². The quantitative estimate of drug-likeness (QED) is 0.294. The molecule has 1 aliphatic heterocycles. The standard InChI is InChI=1S/C27H27F3N8/c1-14-11-31-7-6-19(14)34-26-23-17(15-3-2-4-15)12-32-13-20(23)35-25(38-26)16-5-8-33-22(9-16)37-27-24(30)18(28)10-21(29)36-27/h5,8-10,12-15,19,31H,2-4,6-7,11H2,1H3,(H,33,36,37)(H,34,35,38). The predicted molar refractivity (Wildman–Crippen MR) is 139 cm³/mol. The first-order chi connectivity index (χ1) is 18.5. The largest absolute Gasteiger partial charge is 0.366 e. The fourth-order valence-corrected chi connectivity index (χ4v) is 5.09. The van der Waals surface area contributed by atoms with Gasteiger partial charge in [0, 0.05) is 35.5 Å². The van der Waals surface area contributed by atoms with E-state index >= 15 is 0 Å². The molecule has 4 aromatic heterocycles. The molecule has 1 saturated heterocycles. The van der Waals surface area contributed by atoms with E-state index in [1.165, 1.54) is 12.6 Å². The Morgan fingerprint density at radius 2 is 1.87 bits per heavy atom. The molecule has 6 rings (SSSR count). The van der Waals surface area contributed by atoms with E-state index in [0.29, 0.717) is 29.3 Å². The number of rotatable bonds is 6. The van der Waals surface area contributed by atoms with Crippen LogP contribution in [0.15, 0.2) is 36.8 Å². The van der Waals surface area contributed by atoms with Crippen molar-refractivity contribution in [3.63, 3.8) is 0 Å². The Morgan fingerprint density at radius 1 is 1.00 bits per heavy atom. The molecule has 2 fully saturated rings. The van der Waals surface area contributed by atoms with Gasteiger partial charge in [0.1, 0.15) is 11.6 Å². The minimum Gasteiger partial charge on any atom is -0.366 e. The summed E-state index contributed by atoms with van der Waals surface area (Å²) in [7, 11) is 0. The fourth-order valence-electron chi connectivity index (χ4n) is 5.09. The third kappa shape index (κ3) is 4.73. The molecule has 2 atom stereocenters. The average molecular weight is 521 g/mol. The van der Waals surface area contributed by atoms with Crippen LogP contribution in [0.3, 0.4) is 0 Å². The highest BCUT2D eigenvalue weighted by Crippen LogP contribution is 2.41. The molecule has 1 aliphatic carbocycles. The first-order valence-electron chi connectivity index (χ1n) is 12.8. The van der Waals surface area contributed by atoms with Crippen molar-refractivity contribution in [2.45, 2.75) is 44.6 Å². The van der Waals surface area contributed by atoms with Crippen molar-refractivity contribution in [2.24, 2.45) is 5.92 Å². The van der Waals surface area contributed by atoms with Gasteiger partial charge in [0.05, 0.1) is 11.7 Å². The van der Waals surface area contributed by atoms with Gasteiger partial charge in [-0.15, -0.1) is 0 Å². The third-order valence-electron chi connectivity index (χ3n) is 7.44. The van der Waals surface area contributed by atoms with Crippen LogP contribution in [-0.2, 0) is 0 Å². The van der Waals surface area contributed by atoms with Gasteiger partial charge in [-0.25, -0.2) is 19.3 Å². The SMILES string of the molecule is CC1CNCCC1Nc1nc(-c2ccnc(Nc3nc(F)cc(F)c3F)c2)nc2cncc(C3CCC3)c12. The number of piperidine rings is 1. The smallest absolute Gasteiger partial charge is 0.217 e. The zero-order valence-corrected chi connectivity index (χ0v) is 20.8. The number of nitrogens with one attached hydrogen (secondary N) is 3. The Kier molecular flexibility index (Phi) is 6.52. The van der Waals surface area contributed by atoms with Crippen molar-refractivity contribution < 1.29 is 13.2 Å². The van der Waals surface area contributed by atoms with Crippen LogP contribution in [0.5, 0.6) is 0 Å². The van der Waals surface area contributed by atoms with Gasteiger partial charge >= 0.3 is 0 Å². The first kappa shape index (κ1) is 24.5. The van der Waals surface area contributed by atoms with Crippen molar-refractivity contribution in [3.8, 4) is 11.4 Å². The molecule has 0 bridgehead atoms. The van der Waals surface area contributed by atoms with Crippen LogP contribution in [0.25, 0.3) is 22.3 Å². The van der Waals surface area contributed by atoms with Gasteiger partial charge in [-0.3, -0.25) is 4.98 Å². The Morgan fingerprint density at radius 3 is 2.66 bits per heavy atom. The van der Waals surface area contributed by atoms with Gasteiger partial charge < -0.3 is 16.0 Å². The summed E-state index contributed by atoms with van der Waals surface area (Å²) in [5.74, 6) is -2.18. The molecule has 2 unspecified atom stereocenters. The highest BCUT2D eigenvalue weighted by atomic mass is 19.2. The predicted octanol–water partition coefficient (Wildman–Crippen LogP) is 5.32. The molecular weight excluding hydrogens is 493 g/mol. The molecule has 2 aliphatic rings. The van der Waals surface area contributed by atoms with E-state index in [4.69, 9.17) is 9.97 Å². The van der Waals surface area contributed by atoms with E-state index in [1.807, 2.05) is 6.20 Å². The molecule has 0 aromatic carbocycles. The molecule has 38 heavy (non-hydrogen) atoms. The molecule has 11 heteroatoms. The summed E-state index contributed by atoms with van der Waals surface area (Å²) in [6.45, 7) is 4.07. The molecule has 0 amide bonds. The van der Waals surface area contributed by atoms with Crippen molar-refractivity contribution in [3.05, 3.63) is 59.9 Å². The Hall–Kier alpha value is -3.86. The van der Waals surface area contributed by atoms with Crippen LogP contribution in [0.1, 0.15) is 44.1 Å². The van der Waals surface area contributed by atoms with Crippen LogP contribution in [-0.4, -0.2) is 44.1 Å². The van der Waals surface area contributed by atoms with Crippen molar-refractivity contribution in [2.75, 3.05) is 23.7 Å². The molecule has 5 heterocycles. The molecule has 1 saturated carbocycles. The summed E-state index contributed by atoms with van der Waals surface area (Å²) in [5, 5.41) is 10.7. The minimum atomic E-state index is -1.34. The van der Waals surface area contributed by atoms with Gasteiger partial charge in [0.2, 0.25) is 11.8 Å². The number of halogens is 3. The highest BCUT2D eigenvalue weighted by Gasteiger charge is 2.27. The lowest BCUT2D eigenvalue weighted by Gasteiger charge is -2.32. The number of pyridine rings is 3. The summed E-state index contributed by atoms with van der Waals surface area (Å²) in [4.78, 5) is 21.8. The fraction of sp³-hybridized carbons (Fsp3) is 0.370. The molecule has 0 radical (unpaired) electrons. The number of aromatic nitrogens is 5. The molecule has 196 valence electrons. The van der Waals surface area contributed by atoms with Gasteiger partial charge in [-0.05, 0) is 61.9 Å². The lowest BCUT2D eigenvalue weighted by molar-refractivity contribution is 0.368. The summed E-state index contributed by atoms with van der Waals surface area (Å²) in [6.07, 6.45) is 9.58. The molecule has 0 spiro atoms. The van der Waals surface area contributed by atoms with Crippen molar-refractivity contribution in [1.82, 2.24) is 30.2 Å². The maximum atomic E-state index is 14.2. The monoisotopic (exact) mass is 520 g/mol. The number of anilines is 3. The van der Waals surface area contributed by atoms with Crippen molar-refractivity contribution in [1.29, 1.82) is 0 Å².